The molecule has 0 saturated carbocycles. The van der Waals surface area contributed by atoms with Gasteiger partial charge in [0.15, 0.2) is 0 Å². The van der Waals surface area contributed by atoms with Crippen molar-refractivity contribution in [3.63, 3.8) is 0 Å². The molecule has 3 saturated heterocycles. The molecule has 0 aliphatic carbocycles. The van der Waals surface area contributed by atoms with E-state index < -0.39 is 41.3 Å². The van der Waals surface area contributed by atoms with Crippen LogP contribution in [0.5, 0.6) is 0 Å². The van der Waals surface area contributed by atoms with Crippen LogP contribution in [0, 0.1) is 18.7 Å². The second-order valence-corrected chi connectivity index (χ2v) is 12.1. The zero-order chi connectivity index (χ0) is 31.5. The highest BCUT2D eigenvalue weighted by atomic mass is 19.4. The van der Waals surface area contributed by atoms with E-state index in [1.807, 2.05) is 4.90 Å². The Balaban J connectivity index is 1.31. The van der Waals surface area contributed by atoms with Crippen molar-refractivity contribution >= 4 is 34.9 Å². The molecule has 9 nitrogen and oxygen atoms in total. The largest absolute Gasteiger partial charge is 0.416 e. The van der Waals surface area contributed by atoms with Gasteiger partial charge in [-0.25, -0.2) is 9.37 Å². The zero-order valence-corrected chi connectivity index (χ0v) is 24.6. The van der Waals surface area contributed by atoms with Gasteiger partial charge in [-0.05, 0) is 50.1 Å². The zero-order valence-electron chi connectivity index (χ0n) is 24.6. The van der Waals surface area contributed by atoms with Crippen LogP contribution >= 0.6 is 0 Å². The van der Waals surface area contributed by atoms with Crippen LogP contribution in [0.4, 0.5) is 34.8 Å². The molecule has 1 aromatic carbocycles. The molecule has 2 aromatic rings. The predicted octanol–water partition coefficient (Wildman–Crippen LogP) is 3.61. The Hall–Kier alpha value is -4.00. The number of alkyl halides is 3. The molecule has 234 valence electrons. The highest BCUT2D eigenvalue weighted by Crippen LogP contribution is 2.43. The molecule has 4 aliphatic rings. The molecule has 3 amide bonds. The Morgan fingerprint density at radius 3 is 2.43 bits per heavy atom. The van der Waals surface area contributed by atoms with Crippen molar-refractivity contribution in [3.05, 3.63) is 60.1 Å². The Morgan fingerprint density at radius 1 is 1.07 bits per heavy atom. The average molecular weight is 615 g/mol. The summed E-state index contributed by atoms with van der Waals surface area (Å²) in [5, 5.41) is 0. The number of likely N-dealkylation sites (N-methyl/N-ethyl adjacent to an activating group) is 1. The number of pyridine rings is 1. The summed E-state index contributed by atoms with van der Waals surface area (Å²) in [4.78, 5) is 52.0. The first-order chi connectivity index (χ1) is 20.9. The number of hydrogen-bond donors (Lipinski definition) is 0. The summed E-state index contributed by atoms with van der Waals surface area (Å²) in [6.07, 6.45) is -2.05. The number of hydrogen-bond acceptors (Lipinski definition) is 6. The first-order valence-electron chi connectivity index (χ1n) is 14.7. The number of fused-ring (bicyclic) bond motifs is 2. The van der Waals surface area contributed by atoms with Crippen molar-refractivity contribution in [3.8, 4) is 0 Å². The van der Waals surface area contributed by atoms with Crippen molar-refractivity contribution < 1.29 is 31.9 Å². The number of piperidine rings is 1. The number of carbonyl (C=O) groups is 3. The molecule has 0 spiro atoms. The predicted molar refractivity (Wildman–Crippen MR) is 156 cm³/mol. The van der Waals surface area contributed by atoms with E-state index in [4.69, 9.17) is 0 Å². The molecule has 6 rings (SSSR count). The lowest BCUT2D eigenvalue weighted by atomic mass is 9.92. The lowest BCUT2D eigenvalue weighted by Gasteiger charge is -2.49. The second kappa shape index (κ2) is 11.2. The molecule has 0 radical (unpaired) electrons. The van der Waals surface area contributed by atoms with E-state index in [0.717, 1.165) is 30.1 Å². The van der Waals surface area contributed by atoms with Gasteiger partial charge in [-0.2, -0.15) is 13.2 Å². The third-order valence-corrected chi connectivity index (χ3v) is 9.38. The van der Waals surface area contributed by atoms with E-state index in [9.17, 15) is 27.6 Å². The molecular formula is C31H34F4N6O3. The molecule has 44 heavy (non-hydrogen) atoms. The number of amides is 3. The van der Waals surface area contributed by atoms with Gasteiger partial charge in [0.05, 0.1) is 16.9 Å². The smallest absolute Gasteiger partial charge is 0.364 e. The van der Waals surface area contributed by atoms with Gasteiger partial charge < -0.3 is 14.7 Å². The highest BCUT2D eigenvalue weighted by molar-refractivity contribution is 6.10. The number of benzene rings is 1. The summed E-state index contributed by atoms with van der Waals surface area (Å²) in [7, 11) is 1.50. The normalized spacial score (nSPS) is 23.7. The fraction of sp³-hybridized carbons (Fsp3) is 0.484. The monoisotopic (exact) mass is 614 g/mol. The number of halogens is 4. The number of para-hydroxylation sites is 1. The molecule has 0 N–H and O–H groups in total. The van der Waals surface area contributed by atoms with E-state index in [1.165, 1.54) is 37.1 Å². The Kier molecular flexibility index (Phi) is 7.63. The summed E-state index contributed by atoms with van der Waals surface area (Å²) >= 11 is 0. The third-order valence-electron chi connectivity index (χ3n) is 9.38. The van der Waals surface area contributed by atoms with Crippen molar-refractivity contribution in [2.75, 3.05) is 54.5 Å². The van der Waals surface area contributed by atoms with Gasteiger partial charge in [0.25, 0.3) is 0 Å². The Labute approximate surface area is 252 Å². The molecule has 3 fully saturated rings. The van der Waals surface area contributed by atoms with Gasteiger partial charge in [-0.15, -0.1) is 0 Å². The van der Waals surface area contributed by atoms with Crippen LogP contribution in [0.1, 0.15) is 30.5 Å². The van der Waals surface area contributed by atoms with Gasteiger partial charge in [-0.3, -0.25) is 24.2 Å². The SMILES string of the molecule is C=CC(=O)N1CC(N2CCC(N3C[C@H]4CC(=O)N(c5cc(C(F)(F)F)cc(C)n5)[C@@H]4C(=O)N(C)c4cccc(F)c43)CC2)C1. The standard InChI is InChI=1S/C31H34F4N6O3/c1-4-26(42)39-16-22(17-39)38-10-8-21(9-11-38)40-15-19-13-27(43)41(25-14-20(31(33,34)35)12-18(2)36-25)28(19)30(44)37(3)24-7-5-6-23(32)29(24)40/h4-7,12,14,19,21-22,28H,1,8-11,13,15-17H2,2-3H3/t19-,28+/m1/s1. The highest BCUT2D eigenvalue weighted by Gasteiger charge is 2.50. The number of nitrogens with zero attached hydrogens (tertiary/aromatic N) is 6. The maximum absolute atomic E-state index is 15.6. The Morgan fingerprint density at radius 2 is 1.77 bits per heavy atom. The van der Waals surface area contributed by atoms with E-state index in [1.54, 1.807) is 11.0 Å². The minimum Gasteiger partial charge on any atom is -0.364 e. The lowest BCUT2D eigenvalue weighted by molar-refractivity contribution is -0.137. The van der Waals surface area contributed by atoms with Gasteiger partial charge in [0, 0.05) is 69.9 Å². The molecule has 13 heteroatoms. The van der Waals surface area contributed by atoms with Crippen molar-refractivity contribution in [2.45, 2.75) is 50.5 Å². The molecule has 5 heterocycles. The van der Waals surface area contributed by atoms with Crippen molar-refractivity contribution in [1.29, 1.82) is 0 Å². The summed E-state index contributed by atoms with van der Waals surface area (Å²) in [5.74, 6) is -2.42. The second-order valence-electron chi connectivity index (χ2n) is 12.1. The molecule has 0 bridgehead atoms. The van der Waals surface area contributed by atoms with E-state index in [2.05, 4.69) is 16.5 Å². The van der Waals surface area contributed by atoms with Gasteiger partial charge >= 0.3 is 6.18 Å². The van der Waals surface area contributed by atoms with Crippen LogP contribution in [0.15, 0.2) is 43.0 Å². The van der Waals surface area contributed by atoms with E-state index in [-0.39, 0.29) is 48.2 Å². The maximum atomic E-state index is 15.6. The van der Waals surface area contributed by atoms with Gasteiger partial charge in [-0.1, -0.05) is 12.6 Å². The summed E-state index contributed by atoms with van der Waals surface area (Å²) in [6, 6.07) is 5.25. The van der Waals surface area contributed by atoms with Gasteiger partial charge in [0.2, 0.25) is 17.7 Å². The van der Waals surface area contributed by atoms with Crippen LogP contribution in [-0.4, -0.2) is 90.4 Å². The Bertz CT molecular complexity index is 1500. The number of rotatable bonds is 4. The van der Waals surface area contributed by atoms with Crippen LogP contribution in [0.2, 0.25) is 0 Å². The topological polar surface area (TPSA) is 80.3 Å². The maximum Gasteiger partial charge on any atom is 0.416 e. The van der Waals surface area contributed by atoms with Crippen molar-refractivity contribution in [2.24, 2.45) is 5.92 Å². The first-order valence-corrected chi connectivity index (χ1v) is 14.7. The van der Waals surface area contributed by atoms with Crippen LogP contribution in [-0.2, 0) is 20.6 Å². The lowest BCUT2D eigenvalue weighted by Crippen LogP contribution is -2.63. The minimum atomic E-state index is -4.66. The fourth-order valence-corrected chi connectivity index (χ4v) is 7.09. The quantitative estimate of drug-likeness (QED) is 0.387. The molecular weight excluding hydrogens is 580 g/mol. The number of likely N-dealkylation sites (tertiary alicyclic amines) is 2. The summed E-state index contributed by atoms with van der Waals surface area (Å²) in [6.45, 7) is 7.85. The fourth-order valence-electron chi connectivity index (χ4n) is 7.09. The van der Waals surface area contributed by atoms with Crippen LogP contribution in [0.3, 0.4) is 0 Å². The van der Waals surface area contributed by atoms with Crippen molar-refractivity contribution in [1.82, 2.24) is 14.8 Å². The molecule has 4 aliphatic heterocycles. The number of anilines is 3. The molecule has 1 aromatic heterocycles. The minimum absolute atomic E-state index is 0.0713. The van der Waals surface area contributed by atoms with Crippen LogP contribution < -0.4 is 14.7 Å². The number of carbonyl (C=O) groups excluding carboxylic acids is 3. The van der Waals surface area contributed by atoms with E-state index in [0.29, 0.717) is 31.6 Å². The number of aromatic nitrogens is 1. The third kappa shape index (κ3) is 5.20. The summed E-state index contributed by atoms with van der Waals surface area (Å²) < 4.78 is 56.7. The van der Waals surface area contributed by atoms with Crippen LogP contribution in [0.25, 0.3) is 0 Å². The molecule has 0 unspecified atom stereocenters. The average Bonchev–Trinajstić information content (AvgIpc) is 3.28. The first kappa shape index (κ1) is 30.0. The van der Waals surface area contributed by atoms with E-state index >= 15 is 4.39 Å². The number of aryl methyl sites for hydroxylation is 1. The molecule has 2 atom stereocenters. The summed E-state index contributed by atoms with van der Waals surface area (Å²) in [5.41, 5.74) is -0.263. The van der Waals surface area contributed by atoms with Gasteiger partial charge in [0.1, 0.15) is 17.7 Å².